The van der Waals surface area contributed by atoms with Crippen molar-refractivity contribution in [3.05, 3.63) is 59.3 Å². The fourth-order valence-electron chi connectivity index (χ4n) is 2.61. The van der Waals surface area contributed by atoms with Crippen molar-refractivity contribution in [1.29, 1.82) is 0 Å². The van der Waals surface area contributed by atoms with Crippen LogP contribution in [0.3, 0.4) is 0 Å². The fourth-order valence-corrected chi connectivity index (χ4v) is 2.61. The molecule has 0 saturated carbocycles. The molecule has 0 bridgehead atoms. The SMILES string of the molecule is C=CCN1C(=O)C(=Cc2ccc(N(C)C)cc2)C(C(=O)OC)=C1C. The number of carbonyl (C=O) groups is 2. The van der Waals surface area contributed by atoms with Gasteiger partial charge >= 0.3 is 5.97 Å². The molecule has 0 fully saturated rings. The molecule has 0 N–H and O–H groups in total. The summed E-state index contributed by atoms with van der Waals surface area (Å²) in [6.45, 7) is 5.75. The number of methoxy groups -OCH3 is 1. The molecule has 5 heteroatoms. The van der Waals surface area contributed by atoms with Crippen LogP contribution in [-0.2, 0) is 14.3 Å². The predicted octanol–water partition coefficient (Wildman–Crippen LogP) is 2.61. The molecular formula is C19H22N2O3. The van der Waals surface area contributed by atoms with Crippen molar-refractivity contribution in [3.63, 3.8) is 0 Å². The third-order valence-corrected chi connectivity index (χ3v) is 3.93. The smallest absolute Gasteiger partial charge is 0.340 e. The van der Waals surface area contributed by atoms with Crippen LogP contribution in [0.4, 0.5) is 5.69 Å². The van der Waals surface area contributed by atoms with E-state index in [-0.39, 0.29) is 5.91 Å². The zero-order chi connectivity index (χ0) is 17.9. The second-order valence-electron chi connectivity index (χ2n) is 5.70. The van der Waals surface area contributed by atoms with Gasteiger partial charge in [-0.05, 0) is 30.7 Å². The third kappa shape index (κ3) is 3.25. The highest BCUT2D eigenvalue weighted by atomic mass is 16.5. The molecule has 0 atom stereocenters. The summed E-state index contributed by atoms with van der Waals surface area (Å²) in [7, 11) is 5.23. The minimum absolute atomic E-state index is 0.218. The Morgan fingerprint density at radius 1 is 1.29 bits per heavy atom. The Hall–Kier alpha value is -2.82. The molecule has 1 heterocycles. The van der Waals surface area contributed by atoms with Crippen molar-refractivity contribution in [2.75, 3.05) is 32.6 Å². The van der Waals surface area contributed by atoms with Crippen molar-refractivity contribution in [2.24, 2.45) is 0 Å². The van der Waals surface area contributed by atoms with Crippen LogP contribution >= 0.6 is 0 Å². The van der Waals surface area contributed by atoms with E-state index in [9.17, 15) is 9.59 Å². The van der Waals surface area contributed by atoms with Gasteiger partial charge in [-0.15, -0.1) is 6.58 Å². The van der Waals surface area contributed by atoms with Crippen LogP contribution in [0.5, 0.6) is 0 Å². The van der Waals surface area contributed by atoms with E-state index in [4.69, 9.17) is 4.74 Å². The van der Waals surface area contributed by atoms with E-state index in [0.717, 1.165) is 11.3 Å². The lowest BCUT2D eigenvalue weighted by atomic mass is 10.0. The maximum atomic E-state index is 12.7. The number of esters is 1. The van der Waals surface area contributed by atoms with Gasteiger partial charge in [-0.2, -0.15) is 0 Å². The van der Waals surface area contributed by atoms with Gasteiger partial charge < -0.3 is 14.5 Å². The summed E-state index contributed by atoms with van der Waals surface area (Å²) < 4.78 is 4.85. The Bertz CT molecular complexity index is 727. The molecule has 5 nitrogen and oxygen atoms in total. The second kappa shape index (κ2) is 7.17. The molecule has 0 unspecified atom stereocenters. The maximum Gasteiger partial charge on any atom is 0.340 e. The number of anilines is 1. The zero-order valence-electron chi connectivity index (χ0n) is 14.5. The van der Waals surface area contributed by atoms with E-state index >= 15 is 0 Å². The van der Waals surface area contributed by atoms with Crippen molar-refractivity contribution in [3.8, 4) is 0 Å². The van der Waals surface area contributed by atoms with Gasteiger partial charge in [0.1, 0.15) is 0 Å². The molecule has 1 aliphatic rings. The average molecular weight is 326 g/mol. The Kier molecular flexibility index (Phi) is 5.24. The summed E-state index contributed by atoms with van der Waals surface area (Å²) in [5, 5.41) is 0. The molecule has 24 heavy (non-hydrogen) atoms. The second-order valence-corrected chi connectivity index (χ2v) is 5.70. The number of allylic oxidation sites excluding steroid dienone is 1. The lowest BCUT2D eigenvalue weighted by molar-refractivity contribution is -0.136. The highest BCUT2D eigenvalue weighted by Gasteiger charge is 2.36. The number of carbonyl (C=O) groups excluding carboxylic acids is 2. The molecule has 1 aromatic carbocycles. The third-order valence-electron chi connectivity index (χ3n) is 3.93. The Labute approximate surface area is 142 Å². The summed E-state index contributed by atoms with van der Waals surface area (Å²) >= 11 is 0. The monoisotopic (exact) mass is 326 g/mol. The van der Waals surface area contributed by atoms with E-state index in [1.165, 1.54) is 12.0 Å². The van der Waals surface area contributed by atoms with E-state index in [0.29, 0.717) is 23.4 Å². The molecule has 1 aromatic rings. The molecule has 2 rings (SSSR count). The topological polar surface area (TPSA) is 49.9 Å². The molecule has 1 amide bonds. The largest absolute Gasteiger partial charge is 0.465 e. The Balaban J connectivity index is 2.47. The molecule has 0 aliphatic carbocycles. The van der Waals surface area contributed by atoms with Crippen LogP contribution in [-0.4, -0.2) is 44.5 Å². The first-order chi connectivity index (χ1) is 11.4. The van der Waals surface area contributed by atoms with Gasteiger partial charge in [0.05, 0.1) is 18.3 Å². The predicted molar refractivity (Wildman–Crippen MR) is 95.4 cm³/mol. The van der Waals surface area contributed by atoms with Crippen molar-refractivity contribution >= 4 is 23.6 Å². The summed E-state index contributed by atoms with van der Waals surface area (Å²) in [5.74, 6) is -0.729. The molecule has 1 aliphatic heterocycles. The lowest BCUT2D eigenvalue weighted by Crippen LogP contribution is -2.24. The first-order valence-corrected chi connectivity index (χ1v) is 7.62. The average Bonchev–Trinajstić information content (AvgIpc) is 2.79. The van der Waals surface area contributed by atoms with Crippen molar-refractivity contribution < 1.29 is 14.3 Å². The van der Waals surface area contributed by atoms with Crippen LogP contribution in [0.15, 0.2) is 53.8 Å². The van der Waals surface area contributed by atoms with Gasteiger partial charge in [-0.25, -0.2) is 4.79 Å². The highest BCUT2D eigenvalue weighted by Crippen LogP contribution is 2.31. The minimum atomic E-state index is -0.511. The Morgan fingerprint density at radius 3 is 2.42 bits per heavy atom. The number of hydrogen-bond donors (Lipinski definition) is 0. The number of ether oxygens (including phenoxy) is 1. The van der Waals surface area contributed by atoms with E-state index < -0.39 is 5.97 Å². The molecule has 0 spiro atoms. The fraction of sp³-hybridized carbons (Fsp3) is 0.263. The molecule has 126 valence electrons. The van der Waals surface area contributed by atoms with Crippen LogP contribution in [0.1, 0.15) is 12.5 Å². The van der Waals surface area contributed by atoms with Crippen LogP contribution in [0.25, 0.3) is 6.08 Å². The first kappa shape index (κ1) is 17.5. The van der Waals surface area contributed by atoms with E-state index in [2.05, 4.69) is 6.58 Å². The standard InChI is InChI=1S/C19H22N2O3/c1-6-11-21-13(2)17(19(23)24-5)16(18(21)22)12-14-7-9-15(10-8-14)20(3)4/h6-10,12H,1,11H2,2-5H3. The number of amides is 1. The molecule has 0 saturated heterocycles. The van der Waals surface area contributed by atoms with Crippen molar-refractivity contribution in [2.45, 2.75) is 6.92 Å². The summed E-state index contributed by atoms with van der Waals surface area (Å²) in [6, 6.07) is 7.75. The highest BCUT2D eigenvalue weighted by molar-refractivity contribution is 6.16. The van der Waals surface area contributed by atoms with Crippen LogP contribution in [0, 0.1) is 0 Å². The van der Waals surface area contributed by atoms with E-state index in [1.807, 2.05) is 43.3 Å². The number of benzene rings is 1. The molecule has 0 aromatic heterocycles. The van der Waals surface area contributed by atoms with Gasteiger partial charge in [0.15, 0.2) is 0 Å². The van der Waals surface area contributed by atoms with Crippen molar-refractivity contribution in [1.82, 2.24) is 4.90 Å². The van der Waals surface area contributed by atoms with Gasteiger partial charge in [-0.1, -0.05) is 18.2 Å². The van der Waals surface area contributed by atoms with Gasteiger partial charge in [0.25, 0.3) is 5.91 Å². The van der Waals surface area contributed by atoms with Gasteiger partial charge in [0.2, 0.25) is 0 Å². The number of rotatable bonds is 5. The van der Waals surface area contributed by atoms with Crippen LogP contribution in [0.2, 0.25) is 0 Å². The van der Waals surface area contributed by atoms with Crippen LogP contribution < -0.4 is 4.90 Å². The Morgan fingerprint density at radius 2 is 1.92 bits per heavy atom. The first-order valence-electron chi connectivity index (χ1n) is 7.62. The number of nitrogens with zero attached hydrogens (tertiary/aromatic N) is 2. The summed E-state index contributed by atoms with van der Waals surface area (Å²) in [4.78, 5) is 28.3. The zero-order valence-corrected chi connectivity index (χ0v) is 14.5. The summed E-state index contributed by atoms with van der Waals surface area (Å²) in [5.41, 5.74) is 3.14. The summed E-state index contributed by atoms with van der Waals surface area (Å²) in [6.07, 6.45) is 3.35. The lowest BCUT2D eigenvalue weighted by Gasteiger charge is -2.14. The van der Waals surface area contributed by atoms with E-state index in [1.54, 1.807) is 19.1 Å². The minimum Gasteiger partial charge on any atom is -0.465 e. The normalized spacial score (nSPS) is 15.9. The number of hydrogen-bond acceptors (Lipinski definition) is 4. The molecular weight excluding hydrogens is 304 g/mol. The maximum absolute atomic E-state index is 12.7. The quantitative estimate of drug-likeness (QED) is 0.474. The van der Waals surface area contributed by atoms with Gasteiger partial charge in [-0.3, -0.25) is 4.79 Å². The molecule has 0 radical (unpaired) electrons. The van der Waals surface area contributed by atoms with Gasteiger partial charge in [0, 0.05) is 32.0 Å².